The molecule has 0 aromatic carbocycles. The normalized spacial score (nSPS) is 10.3. The van der Waals surface area contributed by atoms with Gasteiger partial charge in [0.05, 0.1) is 12.1 Å². The van der Waals surface area contributed by atoms with E-state index in [1.165, 1.54) is 6.20 Å². The Labute approximate surface area is 109 Å². The second kappa shape index (κ2) is 5.14. The van der Waals surface area contributed by atoms with Crippen molar-refractivity contribution in [3.8, 4) is 0 Å². The highest BCUT2D eigenvalue weighted by Crippen LogP contribution is 2.13. The highest BCUT2D eigenvalue weighted by atomic mass is 32.1. The van der Waals surface area contributed by atoms with Crippen molar-refractivity contribution in [2.45, 2.75) is 20.4 Å². The average Bonchev–Trinajstić information content (AvgIpc) is 2.72. The highest BCUT2D eigenvalue weighted by molar-refractivity contribution is 7.11. The van der Waals surface area contributed by atoms with Crippen LogP contribution >= 0.6 is 11.3 Å². The summed E-state index contributed by atoms with van der Waals surface area (Å²) in [6.45, 7) is 4.21. The van der Waals surface area contributed by atoms with E-state index in [0.29, 0.717) is 17.8 Å². The van der Waals surface area contributed by atoms with Gasteiger partial charge in [0.15, 0.2) is 0 Å². The molecule has 6 heteroatoms. The van der Waals surface area contributed by atoms with Crippen LogP contribution in [-0.2, 0) is 6.54 Å². The molecule has 2 rings (SSSR count). The first-order valence-corrected chi connectivity index (χ1v) is 6.29. The summed E-state index contributed by atoms with van der Waals surface area (Å²) in [5.41, 5.74) is 7.41. The van der Waals surface area contributed by atoms with Crippen LogP contribution in [0, 0.1) is 13.8 Å². The molecule has 0 saturated heterocycles. The zero-order chi connectivity index (χ0) is 13.1. The van der Waals surface area contributed by atoms with Gasteiger partial charge in [0, 0.05) is 28.7 Å². The Kier molecular flexibility index (Phi) is 3.57. The van der Waals surface area contributed by atoms with Gasteiger partial charge in [0.1, 0.15) is 5.01 Å². The molecule has 0 aliphatic carbocycles. The van der Waals surface area contributed by atoms with Crippen LogP contribution < -0.4 is 11.1 Å². The second-order valence-corrected chi connectivity index (χ2v) is 5.28. The predicted molar refractivity (Wildman–Crippen MR) is 71.4 cm³/mol. The average molecular weight is 262 g/mol. The van der Waals surface area contributed by atoms with Crippen LogP contribution in [0.25, 0.3) is 0 Å². The summed E-state index contributed by atoms with van der Waals surface area (Å²) < 4.78 is 0. The fourth-order valence-corrected chi connectivity index (χ4v) is 2.23. The molecule has 2 aromatic rings. The van der Waals surface area contributed by atoms with Gasteiger partial charge in [-0.25, -0.2) is 4.98 Å². The zero-order valence-corrected chi connectivity index (χ0v) is 11.0. The molecular weight excluding hydrogens is 248 g/mol. The minimum absolute atomic E-state index is 0.229. The third kappa shape index (κ3) is 2.84. The lowest BCUT2D eigenvalue weighted by molar-refractivity contribution is 0.0951. The molecule has 5 nitrogen and oxygen atoms in total. The standard InChI is InChI=1S/C12H14N4OS/c1-7-3-10(13)9(5-14-7)12(17)16-6-11-15-4-8(2)18-11/h3-5H,6H2,1-2H3,(H2,13,14)(H,16,17). The maximum absolute atomic E-state index is 11.9. The van der Waals surface area contributed by atoms with Crippen molar-refractivity contribution in [3.63, 3.8) is 0 Å². The Morgan fingerprint density at radius 3 is 2.78 bits per heavy atom. The van der Waals surface area contributed by atoms with Crippen molar-refractivity contribution in [2.24, 2.45) is 0 Å². The lowest BCUT2D eigenvalue weighted by atomic mass is 10.2. The summed E-state index contributed by atoms with van der Waals surface area (Å²) in [5.74, 6) is -0.229. The van der Waals surface area contributed by atoms with Crippen LogP contribution in [0.1, 0.15) is 25.9 Å². The maximum atomic E-state index is 11.9. The van der Waals surface area contributed by atoms with Crippen molar-refractivity contribution in [3.05, 3.63) is 39.6 Å². The number of hydrogen-bond acceptors (Lipinski definition) is 5. The summed E-state index contributed by atoms with van der Waals surface area (Å²) in [6, 6.07) is 1.68. The summed E-state index contributed by atoms with van der Waals surface area (Å²) in [7, 11) is 0. The molecule has 3 N–H and O–H groups in total. The first kappa shape index (κ1) is 12.5. The lowest BCUT2D eigenvalue weighted by Crippen LogP contribution is -2.24. The molecule has 94 valence electrons. The molecular formula is C12H14N4OS. The molecule has 0 aliphatic heterocycles. The highest BCUT2D eigenvalue weighted by Gasteiger charge is 2.10. The Morgan fingerprint density at radius 2 is 2.17 bits per heavy atom. The van der Waals surface area contributed by atoms with Crippen LogP contribution in [0.5, 0.6) is 0 Å². The van der Waals surface area contributed by atoms with Crippen LogP contribution in [0.15, 0.2) is 18.5 Å². The van der Waals surface area contributed by atoms with Crippen LogP contribution in [-0.4, -0.2) is 15.9 Å². The summed E-state index contributed by atoms with van der Waals surface area (Å²) >= 11 is 1.56. The number of carbonyl (C=O) groups is 1. The van der Waals surface area contributed by atoms with Crippen molar-refractivity contribution in [2.75, 3.05) is 5.73 Å². The summed E-state index contributed by atoms with van der Waals surface area (Å²) in [6.07, 6.45) is 3.28. The van der Waals surface area contributed by atoms with Gasteiger partial charge in [-0.05, 0) is 19.9 Å². The van der Waals surface area contributed by atoms with Crippen molar-refractivity contribution in [1.82, 2.24) is 15.3 Å². The number of rotatable bonds is 3. The molecule has 1 amide bonds. The van der Waals surface area contributed by atoms with E-state index >= 15 is 0 Å². The Hall–Kier alpha value is -1.95. The number of anilines is 1. The van der Waals surface area contributed by atoms with E-state index in [0.717, 1.165) is 15.6 Å². The number of aryl methyl sites for hydroxylation is 2. The molecule has 2 aromatic heterocycles. The van der Waals surface area contributed by atoms with Crippen molar-refractivity contribution < 1.29 is 4.79 Å². The number of hydrogen-bond donors (Lipinski definition) is 2. The third-order valence-electron chi connectivity index (χ3n) is 2.39. The van der Waals surface area contributed by atoms with Crippen LogP contribution in [0.2, 0.25) is 0 Å². The van der Waals surface area contributed by atoms with E-state index in [-0.39, 0.29) is 5.91 Å². The van der Waals surface area contributed by atoms with E-state index in [9.17, 15) is 4.79 Å². The predicted octanol–water partition coefficient (Wildman–Crippen LogP) is 1.67. The maximum Gasteiger partial charge on any atom is 0.255 e. The second-order valence-electron chi connectivity index (χ2n) is 3.96. The van der Waals surface area contributed by atoms with Gasteiger partial charge in [0.2, 0.25) is 0 Å². The van der Waals surface area contributed by atoms with E-state index < -0.39 is 0 Å². The number of nitrogens with one attached hydrogen (secondary N) is 1. The van der Waals surface area contributed by atoms with E-state index in [1.807, 2.05) is 13.8 Å². The number of nitrogen functional groups attached to an aromatic ring is 1. The Balaban J connectivity index is 2.03. The number of amides is 1. The number of nitrogens with two attached hydrogens (primary N) is 1. The molecule has 0 radical (unpaired) electrons. The zero-order valence-electron chi connectivity index (χ0n) is 10.2. The molecule has 0 unspecified atom stereocenters. The quantitative estimate of drug-likeness (QED) is 0.881. The molecule has 0 saturated carbocycles. The molecule has 0 spiro atoms. The molecule has 0 bridgehead atoms. The van der Waals surface area contributed by atoms with E-state index in [2.05, 4.69) is 15.3 Å². The monoisotopic (exact) mass is 262 g/mol. The van der Waals surface area contributed by atoms with E-state index in [4.69, 9.17) is 5.73 Å². The van der Waals surface area contributed by atoms with Crippen molar-refractivity contribution >= 4 is 22.9 Å². The smallest absolute Gasteiger partial charge is 0.255 e. The largest absolute Gasteiger partial charge is 0.398 e. The summed E-state index contributed by atoms with van der Waals surface area (Å²) in [5, 5.41) is 3.65. The minimum atomic E-state index is -0.229. The number of pyridine rings is 1. The van der Waals surface area contributed by atoms with Gasteiger partial charge in [-0.15, -0.1) is 11.3 Å². The molecule has 2 heterocycles. The van der Waals surface area contributed by atoms with Gasteiger partial charge < -0.3 is 11.1 Å². The van der Waals surface area contributed by atoms with Gasteiger partial charge in [-0.2, -0.15) is 0 Å². The molecule has 18 heavy (non-hydrogen) atoms. The van der Waals surface area contributed by atoms with Crippen molar-refractivity contribution in [1.29, 1.82) is 0 Å². The fourth-order valence-electron chi connectivity index (χ4n) is 1.50. The van der Waals surface area contributed by atoms with Crippen LogP contribution in [0.3, 0.4) is 0 Å². The lowest BCUT2D eigenvalue weighted by Gasteiger charge is -2.06. The number of nitrogens with zero attached hydrogens (tertiary/aromatic N) is 2. The SMILES string of the molecule is Cc1cc(N)c(C(=O)NCc2ncc(C)s2)cn1. The number of thiazole rings is 1. The topological polar surface area (TPSA) is 80.9 Å². The minimum Gasteiger partial charge on any atom is -0.398 e. The van der Waals surface area contributed by atoms with E-state index in [1.54, 1.807) is 23.6 Å². The third-order valence-corrected chi connectivity index (χ3v) is 3.30. The number of carbonyl (C=O) groups excluding carboxylic acids is 1. The van der Waals surface area contributed by atoms with Gasteiger partial charge in [-0.3, -0.25) is 9.78 Å². The van der Waals surface area contributed by atoms with Gasteiger partial charge >= 0.3 is 0 Å². The number of aromatic nitrogens is 2. The molecule has 0 fully saturated rings. The first-order chi connectivity index (χ1) is 8.56. The molecule has 0 aliphatic rings. The first-order valence-electron chi connectivity index (χ1n) is 5.48. The fraction of sp³-hybridized carbons (Fsp3) is 0.250. The van der Waals surface area contributed by atoms with Gasteiger partial charge in [-0.1, -0.05) is 0 Å². The Bertz CT molecular complexity index is 579. The van der Waals surface area contributed by atoms with Gasteiger partial charge in [0.25, 0.3) is 5.91 Å². The van der Waals surface area contributed by atoms with Crippen LogP contribution in [0.4, 0.5) is 5.69 Å². The summed E-state index contributed by atoms with van der Waals surface area (Å²) in [4.78, 5) is 21.3. The Morgan fingerprint density at radius 1 is 1.39 bits per heavy atom. The molecule has 0 atom stereocenters.